The van der Waals surface area contributed by atoms with Crippen LogP contribution in [0.1, 0.15) is 42.8 Å². The molecule has 0 radical (unpaired) electrons. The summed E-state index contributed by atoms with van der Waals surface area (Å²) in [5.41, 5.74) is 4.75. The number of carbonyl (C=O) groups excluding carboxylic acids is 2. The number of carboxylic acid groups (broad SMARTS) is 1. The summed E-state index contributed by atoms with van der Waals surface area (Å²) in [6, 6.07) is 2.28. The summed E-state index contributed by atoms with van der Waals surface area (Å²) in [5.74, 6) is -2.98. The van der Waals surface area contributed by atoms with Crippen molar-refractivity contribution in [3.63, 3.8) is 0 Å². The smallest absolute Gasteiger partial charge is 0.430 e. The maximum Gasteiger partial charge on any atom is 0.430 e. The number of aliphatic carboxylic acids is 1. The van der Waals surface area contributed by atoms with Crippen molar-refractivity contribution in [2.24, 2.45) is 0 Å². The minimum Gasteiger partial charge on any atom is -0.542 e. The van der Waals surface area contributed by atoms with Gasteiger partial charge in [0.1, 0.15) is 12.2 Å². The molecule has 0 unspecified atom stereocenters. The van der Waals surface area contributed by atoms with Gasteiger partial charge in [0.2, 0.25) is 0 Å². The van der Waals surface area contributed by atoms with Crippen LogP contribution in [0.2, 0.25) is 0 Å². The van der Waals surface area contributed by atoms with Gasteiger partial charge in [0.05, 0.1) is 28.4 Å². The van der Waals surface area contributed by atoms with E-state index in [4.69, 9.17) is 9.90 Å². The summed E-state index contributed by atoms with van der Waals surface area (Å²) in [6.07, 6.45) is 8.73. The molecular weight excluding hydrogens is 485 g/mol. The molecular formula is C22H23F3N6O3S. The Kier molecular flexibility index (Phi) is 7.89. The van der Waals surface area contributed by atoms with E-state index in [1.54, 1.807) is 6.20 Å². The molecule has 0 spiro atoms. The van der Waals surface area contributed by atoms with Crippen LogP contribution in [0.4, 0.5) is 13.2 Å². The first-order chi connectivity index (χ1) is 16.2. The minimum atomic E-state index is -5.19. The summed E-state index contributed by atoms with van der Waals surface area (Å²) in [5, 5.41) is 23.9. The van der Waals surface area contributed by atoms with Crippen molar-refractivity contribution in [1.29, 1.82) is 0 Å². The van der Waals surface area contributed by atoms with Crippen LogP contribution in [0.5, 0.6) is 0 Å². The van der Waals surface area contributed by atoms with E-state index in [9.17, 15) is 18.0 Å². The Morgan fingerprint density at radius 2 is 1.86 bits per heavy atom. The van der Waals surface area contributed by atoms with Gasteiger partial charge in [0, 0.05) is 23.4 Å². The monoisotopic (exact) mass is 508 g/mol. The van der Waals surface area contributed by atoms with E-state index in [1.165, 1.54) is 24.2 Å². The molecule has 5 rings (SSSR count). The molecule has 186 valence electrons. The van der Waals surface area contributed by atoms with Crippen molar-refractivity contribution in [2.45, 2.75) is 45.3 Å². The van der Waals surface area contributed by atoms with Gasteiger partial charge in [-0.05, 0) is 29.3 Å². The lowest BCUT2D eigenvalue weighted by Crippen LogP contribution is -2.37. The molecule has 4 aromatic rings. The van der Waals surface area contributed by atoms with Crippen molar-refractivity contribution < 1.29 is 32.4 Å². The number of fused-ring (bicyclic) bond motifs is 1. The van der Waals surface area contributed by atoms with Gasteiger partial charge in [-0.2, -0.15) is 18.3 Å². The van der Waals surface area contributed by atoms with Gasteiger partial charge in [-0.1, -0.05) is 20.3 Å². The lowest BCUT2D eigenvalue weighted by molar-refractivity contribution is -0.578. The van der Waals surface area contributed by atoms with Crippen LogP contribution >= 0.6 is 11.3 Å². The summed E-state index contributed by atoms with van der Waals surface area (Å²) in [6.45, 7) is 0. The number of thiophene rings is 1. The number of rotatable bonds is 4. The average molecular weight is 509 g/mol. The first-order valence-electron chi connectivity index (χ1n) is 10.3. The molecule has 1 fully saturated rings. The molecule has 13 heteroatoms. The molecule has 3 N–H and O–H groups in total. The highest BCUT2D eigenvalue weighted by Crippen LogP contribution is 2.28. The Labute approximate surface area is 202 Å². The molecule has 0 saturated heterocycles. The molecule has 4 aromatic heterocycles. The maximum absolute atomic E-state index is 12.5. The van der Waals surface area contributed by atoms with E-state index in [-0.39, 0.29) is 13.3 Å². The number of nitrogens with one attached hydrogen (secondary N) is 3. The highest BCUT2D eigenvalue weighted by atomic mass is 32.1. The summed E-state index contributed by atoms with van der Waals surface area (Å²) in [4.78, 5) is 26.6. The van der Waals surface area contributed by atoms with Crippen LogP contribution in [0.15, 0.2) is 42.4 Å². The number of hydrogen-bond donors (Lipinski definition) is 3. The molecule has 0 aromatic carbocycles. The molecule has 4 heterocycles. The Morgan fingerprint density at radius 3 is 2.49 bits per heavy atom. The molecule has 9 nitrogen and oxygen atoms in total. The third kappa shape index (κ3) is 6.04. The number of hydrogen-bond acceptors (Lipinski definition) is 6. The second-order valence-corrected chi connectivity index (χ2v) is 8.56. The Bertz CT molecular complexity index is 1290. The van der Waals surface area contributed by atoms with Crippen LogP contribution in [-0.4, -0.2) is 44.4 Å². The molecule has 1 aliphatic rings. The van der Waals surface area contributed by atoms with Crippen LogP contribution in [0.25, 0.3) is 27.9 Å². The van der Waals surface area contributed by atoms with Gasteiger partial charge in [0.25, 0.3) is 5.91 Å². The zero-order valence-corrected chi connectivity index (χ0v) is 18.4. The van der Waals surface area contributed by atoms with Crippen molar-refractivity contribution in [2.75, 3.05) is 0 Å². The van der Waals surface area contributed by atoms with Gasteiger partial charge >= 0.3 is 11.8 Å². The number of aromatic amines is 2. The topological polar surface area (TPSA) is 131 Å². The number of nitrogens with zero attached hydrogens (tertiary/aromatic N) is 3. The van der Waals surface area contributed by atoms with E-state index in [0.717, 1.165) is 45.6 Å². The van der Waals surface area contributed by atoms with Gasteiger partial charge < -0.3 is 15.2 Å². The number of halogens is 3. The van der Waals surface area contributed by atoms with Crippen LogP contribution < -0.4 is 14.9 Å². The van der Waals surface area contributed by atoms with Crippen LogP contribution in [0, 0.1) is 0 Å². The third-order valence-electron chi connectivity index (χ3n) is 5.30. The normalized spacial score (nSPS) is 13.7. The second-order valence-electron chi connectivity index (χ2n) is 7.65. The Hall–Kier alpha value is -3.74. The Balaban J connectivity index is 0.000000378. The first-order valence-corrected chi connectivity index (χ1v) is 11.2. The zero-order chi connectivity index (χ0) is 24.3. The first kappa shape index (κ1) is 25.9. The van der Waals surface area contributed by atoms with E-state index >= 15 is 0 Å². The number of amides is 1. The van der Waals surface area contributed by atoms with Gasteiger partial charge in [-0.3, -0.25) is 9.89 Å². The van der Waals surface area contributed by atoms with Crippen LogP contribution in [0.3, 0.4) is 0 Å². The number of alkyl halides is 3. The van der Waals surface area contributed by atoms with Crippen molar-refractivity contribution in [3.8, 4) is 22.3 Å². The predicted molar refractivity (Wildman–Crippen MR) is 120 cm³/mol. The second kappa shape index (κ2) is 10.7. The van der Waals surface area contributed by atoms with Crippen molar-refractivity contribution in [3.05, 3.63) is 47.3 Å². The molecule has 0 atom stereocenters. The fourth-order valence-corrected chi connectivity index (χ4v) is 4.43. The van der Waals surface area contributed by atoms with Crippen molar-refractivity contribution in [1.82, 2.24) is 25.6 Å². The quantitative estimate of drug-likeness (QED) is 0.365. The van der Waals surface area contributed by atoms with E-state index in [1.807, 2.05) is 40.7 Å². The number of carboxylic acids is 1. The Morgan fingerprint density at radius 1 is 1.14 bits per heavy atom. The largest absolute Gasteiger partial charge is 0.542 e. The van der Waals surface area contributed by atoms with E-state index < -0.39 is 12.1 Å². The van der Waals surface area contributed by atoms with Crippen LogP contribution in [-0.2, 0) is 4.79 Å². The molecule has 1 amide bonds. The van der Waals surface area contributed by atoms with Gasteiger partial charge in [-0.15, -0.1) is 15.9 Å². The SMILES string of the molecule is C.O=C(NC1CCCC1)c1cc(-c2c[nH][n+]3cc(-c4cn[nH]c4)cnc23)cs1.O=C([O-])C(F)(F)F. The minimum absolute atomic E-state index is 0. The molecule has 0 aliphatic heterocycles. The standard InChI is InChI=1S/C19H18N6OS.C2HF3O2.CH4/c26-19(24-15-3-1-2-4-15)17-5-12(11-27-17)16-9-23-25-10-14(6-20-18(16)25)13-7-21-22-8-13;3-2(4,5)1(6)7;/h5-11,15H,1-4H2,(H2,21,22,24,26);(H,6,7);1H4. The summed E-state index contributed by atoms with van der Waals surface area (Å²) in [7, 11) is 0. The number of aromatic nitrogens is 5. The number of H-pyrrole nitrogens is 2. The predicted octanol–water partition coefficient (Wildman–Crippen LogP) is 2.87. The van der Waals surface area contributed by atoms with Crippen molar-refractivity contribution >= 4 is 28.9 Å². The fraction of sp³-hybridized carbons (Fsp3) is 0.318. The average Bonchev–Trinajstić information content (AvgIpc) is 3.60. The van der Waals surface area contributed by atoms with Gasteiger partial charge in [0.15, 0.2) is 6.20 Å². The third-order valence-corrected chi connectivity index (χ3v) is 6.23. The molecule has 0 bridgehead atoms. The summed E-state index contributed by atoms with van der Waals surface area (Å²) < 4.78 is 33.4. The zero-order valence-electron chi connectivity index (χ0n) is 17.6. The highest BCUT2D eigenvalue weighted by Gasteiger charge is 2.28. The lowest BCUT2D eigenvalue weighted by atomic mass is 10.1. The number of carbonyl (C=O) groups is 2. The van der Waals surface area contributed by atoms with E-state index in [0.29, 0.717) is 6.04 Å². The maximum atomic E-state index is 12.5. The summed E-state index contributed by atoms with van der Waals surface area (Å²) >= 11 is 1.47. The lowest BCUT2D eigenvalue weighted by Gasteiger charge is -2.10. The van der Waals surface area contributed by atoms with E-state index in [2.05, 4.69) is 25.6 Å². The molecule has 35 heavy (non-hydrogen) atoms. The fourth-order valence-electron chi connectivity index (χ4n) is 3.62. The highest BCUT2D eigenvalue weighted by molar-refractivity contribution is 7.12. The molecule has 1 aliphatic carbocycles. The molecule has 1 saturated carbocycles. The van der Waals surface area contributed by atoms with Gasteiger partial charge in [-0.25, -0.2) is 5.10 Å².